The molecule has 4 nitrogen and oxygen atoms in total. The van der Waals surface area contributed by atoms with E-state index >= 15 is 0 Å². The van der Waals surface area contributed by atoms with Crippen molar-refractivity contribution in [1.29, 1.82) is 0 Å². The molecule has 0 spiro atoms. The third-order valence-electron chi connectivity index (χ3n) is 4.18. The highest BCUT2D eigenvalue weighted by Gasteiger charge is 2.21. The summed E-state index contributed by atoms with van der Waals surface area (Å²) in [4.78, 5) is 9.07. The van der Waals surface area contributed by atoms with E-state index in [1.165, 1.54) is 24.0 Å². The minimum atomic E-state index is 0.325. The van der Waals surface area contributed by atoms with Crippen LogP contribution in [0, 0.1) is 6.92 Å². The van der Waals surface area contributed by atoms with Gasteiger partial charge in [-0.1, -0.05) is 24.3 Å². The monoisotopic (exact) mass is 278 g/mol. The topological polar surface area (TPSA) is 42.2 Å². The van der Waals surface area contributed by atoms with E-state index in [1.807, 2.05) is 29.9 Å². The molecule has 0 saturated heterocycles. The van der Waals surface area contributed by atoms with E-state index in [-0.39, 0.29) is 0 Å². The number of benzene rings is 1. The highest BCUT2D eigenvalue weighted by Crippen LogP contribution is 2.32. The average molecular weight is 278 g/mol. The molecular weight excluding hydrogens is 260 g/mol. The number of nitrogens with one attached hydrogen (secondary N) is 1. The van der Waals surface area contributed by atoms with Gasteiger partial charge in [-0.2, -0.15) is 0 Å². The first-order valence-electron chi connectivity index (χ1n) is 7.46. The zero-order valence-corrected chi connectivity index (χ0v) is 12.1. The van der Waals surface area contributed by atoms with Crippen molar-refractivity contribution in [2.24, 2.45) is 0 Å². The summed E-state index contributed by atoms with van der Waals surface area (Å²) in [5.41, 5.74) is 4.76. The van der Waals surface area contributed by atoms with Crippen LogP contribution in [0.15, 0.2) is 42.9 Å². The number of imidazole rings is 1. The summed E-state index contributed by atoms with van der Waals surface area (Å²) in [7, 11) is 0. The number of hydrogen-bond donors (Lipinski definition) is 1. The van der Waals surface area contributed by atoms with Crippen LogP contribution in [0.3, 0.4) is 0 Å². The number of anilines is 1. The lowest BCUT2D eigenvalue weighted by Gasteiger charge is -2.26. The number of hydrogen-bond acceptors (Lipinski definition) is 3. The van der Waals surface area contributed by atoms with Crippen molar-refractivity contribution in [3.63, 3.8) is 0 Å². The molecule has 0 fully saturated rings. The van der Waals surface area contributed by atoms with Crippen molar-refractivity contribution >= 4 is 11.5 Å². The van der Waals surface area contributed by atoms with E-state index < -0.39 is 0 Å². The molecule has 106 valence electrons. The lowest BCUT2D eigenvalue weighted by atomic mass is 9.88. The fourth-order valence-electron chi connectivity index (χ4n) is 3.21. The highest BCUT2D eigenvalue weighted by molar-refractivity contribution is 5.63. The van der Waals surface area contributed by atoms with Crippen molar-refractivity contribution in [3.05, 3.63) is 59.7 Å². The van der Waals surface area contributed by atoms with Crippen LogP contribution in [0.5, 0.6) is 0 Å². The second-order valence-corrected chi connectivity index (χ2v) is 5.68. The third-order valence-corrected chi connectivity index (χ3v) is 4.18. The average Bonchev–Trinajstić information content (AvgIpc) is 2.89. The lowest BCUT2D eigenvalue weighted by Crippen LogP contribution is -2.18. The Morgan fingerprint density at radius 3 is 3.14 bits per heavy atom. The van der Waals surface area contributed by atoms with Crippen molar-refractivity contribution in [3.8, 4) is 0 Å². The van der Waals surface area contributed by atoms with Crippen LogP contribution >= 0.6 is 0 Å². The van der Waals surface area contributed by atoms with Crippen molar-refractivity contribution in [2.45, 2.75) is 32.2 Å². The SMILES string of the molecule is Cc1cn2ccnc(NC3CCCc4ccccc43)c2n1. The molecular formula is C17H18N4. The maximum atomic E-state index is 4.57. The van der Waals surface area contributed by atoms with Crippen LogP contribution in [0.4, 0.5) is 5.82 Å². The van der Waals surface area contributed by atoms with Crippen molar-refractivity contribution in [2.75, 3.05) is 5.32 Å². The number of aromatic nitrogens is 3. The molecule has 0 radical (unpaired) electrons. The molecule has 0 saturated carbocycles. The molecule has 1 unspecified atom stereocenters. The predicted molar refractivity (Wildman–Crippen MR) is 83.5 cm³/mol. The van der Waals surface area contributed by atoms with E-state index in [2.05, 4.69) is 39.6 Å². The smallest absolute Gasteiger partial charge is 0.180 e. The Balaban J connectivity index is 1.73. The first-order chi connectivity index (χ1) is 10.3. The van der Waals surface area contributed by atoms with Crippen LogP contribution in [0.2, 0.25) is 0 Å². The molecule has 1 N–H and O–H groups in total. The van der Waals surface area contributed by atoms with E-state index in [9.17, 15) is 0 Å². The molecule has 4 heteroatoms. The Bertz CT molecular complexity index is 790. The van der Waals surface area contributed by atoms with Gasteiger partial charge >= 0.3 is 0 Å². The Kier molecular flexibility index (Phi) is 2.88. The van der Waals surface area contributed by atoms with E-state index in [0.717, 1.165) is 23.6 Å². The van der Waals surface area contributed by atoms with Crippen LogP contribution < -0.4 is 5.32 Å². The normalized spacial score (nSPS) is 17.7. The summed E-state index contributed by atoms with van der Waals surface area (Å²) in [5.74, 6) is 0.868. The maximum Gasteiger partial charge on any atom is 0.180 e. The van der Waals surface area contributed by atoms with Gasteiger partial charge in [0, 0.05) is 18.6 Å². The Labute approximate surface area is 123 Å². The van der Waals surface area contributed by atoms with E-state index in [0.29, 0.717) is 6.04 Å². The molecule has 4 rings (SSSR count). The molecule has 0 bridgehead atoms. The maximum absolute atomic E-state index is 4.57. The summed E-state index contributed by atoms with van der Waals surface area (Å²) in [6.45, 7) is 2.01. The fraction of sp³-hybridized carbons (Fsp3) is 0.294. The van der Waals surface area contributed by atoms with Gasteiger partial charge in [-0.05, 0) is 37.3 Å². The number of fused-ring (bicyclic) bond motifs is 2. The minimum Gasteiger partial charge on any atom is -0.360 e. The zero-order valence-electron chi connectivity index (χ0n) is 12.1. The third kappa shape index (κ3) is 2.17. The van der Waals surface area contributed by atoms with Gasteiger partial charge in [-0.15, -0.1) is 0 Å². The van der Waals surface area contributed by atoms with Crippen LogP contribution in [-0.4, -0.2) is 14.4 Å². The molecule has 2 heterocycles. The number of nitrogens with zero attached hydrogens (tertiary/aromatic N) is 3. The molecule has 21 heavy (non-hydrogen) atoms. The standard InChI is InChI=1S/C17H18N4/c1-12-11-21-10-9-18-16(17(21)19-12)20-15-8-4-6-13-5-2-3-7-14(13)15/h2-3,5,7,9-11,15H,4,6,8H2,1H3,(H,18,20). The quantitative estimate of drug-likeness (QED) is 0.779. The molecule has 1 aliphatic carbocycles. The molecule has 0 amide bonds. The summed E-state index contributed by atoms with van der Waals surface area (Å²) in [5, 5.41) is 3.60. The first kappa shape index (κ1) is 12.4. The number of rotatable bonds is 2. The zero-order chi connectivity index (χ0) is 14.2. The first-order valence-corrected chi connectivity index (χ1v) is 7.46. The summed E-state index contributed by atoms with van der Waals surface area (Å²) < 4.78 is 2.03. The molecule has 1 aromatic carbocycles. The second kappa shape index (κ2) is 4.88. The van der Waals surface area contributed by atoms with Gasteiger partial charge in [0.2, 0.25) is 0 Å². The molecule has 2 aromatic heterocycles. The summed E-state index contributed by atoms with van der Waals surface area (Å²) in [6, 6.07) is 9.02. The van der Waals surface area contributed by atoms with Gasteiger partial charge in [0.25, 0.3) is 0 Å². The van der Waals surface area contributed by atoms with Crippen molar-refractivity contribution in [1.82, 2.24) is 14.4 Å². The van der Waals surface area contributed by atoms with E-state index in [1.54, 1.807) is 0 Å². The fourth-order valence-corrected chi connectivity index (χ4v) is 3.21. The van der Waals surface area contributed by atoms with Crippen LogP contribution in [0.25, 0.3) is 5.65 Å². The highest BCUT2D eigenvalue weighted by atomic mass is 15.1. The second-order valence-electron chi connectivity index (χ2n) is 5.68. The van der Waals surface area contributed by atoms with E-state index in [4.69, 9.17) is 0 Å². The Morgan fingerprint density at radius 2 is 2.19 bits per heavy atom. The summed E-state index contributed by atoms with van der Waals surface area (Å²) >= 11 is 0. The Morgan fingerprint density at radius 1 is 1.29 bits per heavy atom. The van der Waals surface area contributed by atoms with Crippen LogP contribution in [0.1, 0.15) is 35.7 Å². The van der Waals surface area contributed by atoms with Gasteiger partial charge < -0.3 is 9.72 Å². The predicted octanol–water partition coefficient (Wildman–Crippen LogP) is 3.53. The van der Waals surface area contributed by atoms with Crippen molar-refractivity contribution < 1.29 is 0 Å². The largest absolute Gasteiger partial charge is 0.360 e. The van der Waals surface area contributed by atoms with Gasteiger partial charge in [-0.3, -0.25) is 0 Å². The van der Waals surface area contributed by atoms with Gasteiger partial charge in [0.1, 0.15) is 0 Å². The summed E-state index contributed by atoms with van der Waals surface area (Å²) in [6.07, 6.45) is 9.32. The van der Waals surface area contributed by atoms with Gasteiger partial charge in [0.15, 0.2) is 11.5 Å². The molecule has 1 atom stereocenters. The molecule has 0 aliphatic heterocycles. The van der Waals surface area contributed by atoms with Gasteiger partial charge in [-0.25, -0.2) is 9.97 Å². The molecule has 3 aromatic rings. The lowest BCUT2D eigenvalue weighted by molar-refractivity contribution is 0.599. The number of aryl methyl sites for hydroxylation is 2. The Hall–Kier alpha value is -2.36. The molecule has 1 aliphatic rings. The van der Waals surface area contributed by atoms with Crippen LogP contribution in [-0.2, 0) is 6.42 Å². The van der Waals surface area contributed by atoms with Gasteiger partial charge in [0.05, 0.1) is 11.7 Å². The minimum absolute atomic E-state index is 0.325.